The fourth-order valence-corrected chi connectivity index (χ4v) is 7.22. The van der Waals surface area contributed by atoms with Crippen LogP contribution in [0, 0.1) is 0 Å². The summed E-state index contributed by atoms with van der Waals surface area (Å²) < 4.78 is 2.41. The van der Waals surface area contributed by atoms with Crippen molar-refractivity contribution >= 4 is 60.3 Å². The minimum Gasteiger partial charge on any atom is -0.310 e. The number of nitrogens with zero attached hydrogens (tertiary/aromatic N) is 2. The molecule has 0 saturated carbocycles. The van der Waals surface area contributed by atoms with Gasteiger partial charge in [0, 0.05) is 33.5 Å². The molecule has 0 atom stereocenters. The van der Waals surface area contributed by atoms with E-state index in [9.17, 15) is 0 Å². The Hall–Kier alpha value is -5.86. The predicted molar refractivity (Wildman–Crippen MR) is 196 cm³/mol. The van der Waals surface area contributed by atoms with Gasteiger partial charge in [0.15, 0.2) is 0 Å². The first-order valence-corrected chi connectivity index (χ1v) is 16.1. The van der Waals surface area contributed by atoms with Crippen molar-refractivity contribution in [1.29, 1.82) is 0 Å². The first kappa shape index (κ1) is 26.5. The first-order valence-electron chi connectivity index (χ1n) is 16.1. The third-order valence-corrected chi connectivity index (χ3v) is 9.41. The highest BCUT2D eigenvalue weighted by Gasteiger charge is 2.21. The molecule has 1 aliphatic carbocycles. The second kappa shape index (κ2) is 10.9. The summed E-state index contributed by atoms with van der Waals surface area (Å²) in [5, 5.41) is 7.55. The molecule has 9 rings (SSSR count). The van der Waals surface area contributed by atoms with Crippen LogP contribution in [0.4, 0.5) is 11.4 Å². The van der Waals surface area contributed by atoms with Gasteiger partial charge in [0.1, 0.15) is 0 Å². The Kier molecular flexibility index (Phi) is 6.31. The van der Waals surface area contributed by atoms with E-state index in [2.05, 4.69) is 179 Å². The number of anilines is 2. The lowest BCUT2D eigenvalue weighted by Crippen LogP contribution is -2.18. The summed E-state index contributed by atoms with van der Waals surface area (Å²) in [5.41, 5.74) is 9.77. The van der Waals surface area contributed by atoms with E-state index in [0.29, 0.717) is 0 Å². The molecule has 2 nitrogen and oxygen atoms in total. The number of hydrogen-bond acceptors (Lipinski definition) is 1. The maximum absolute atomic E-state index is 2.44. The van der Waals surface area contributed by atoms with Gasteiger partial charge in [-0.3, -0.25) is 0 Å². The van der Waals surface area contributed by atoms with Crippen LogP contribution in [0.1, 0.15) is 18.4 Å². The Morgan fingerprint density at radius 1 is 0.478 bits per heavy atom. The number of rotatable bonds is 5. The number of para-hydroxylation sites is 1. The summed E-state index contributed by atoms with van der Waals surface area (Å²) in [6.07, 6.45) is 6.67. The van der Waals surface area contributed by atoms with E-state index in [1.54, 1.807) is 0 Å². The van der Waals surface area contributed by atoms with Gasteiger partial charge >= 0.3 is 0 Å². The third kappa shape index (κ3) is 4.42. The van der Waals surface area contributed by atoms with Crippen LogP contribution < -0.4 is 4.90 Å². The van der Waals surface area contributed by atoms with Crippen molar-refractivity contribution in [1.82, 2.24) is 4.57 Å². The Morgan fingerprint density at radius 2 is 1.13 bits per heavy atom. The number of fused-ring (bicyclic) bond motifs is 5. The first-order chi connectivity index (χ1) is 22.8. The Balaban J connectivity index is 1.24. The number of benzene rings is 7. The van der Waals surface area contributed by atoms with Crippen LogP contribution in [0.5, 0.6) is 0 Å². The van der Waals surface area contributed by atoms with Crippen LogP contribution in [0.3, 0.4) is 0 Å². The van der Waals surface area contributed by atoms with Gasteiger partial charge < -0.3 is 9.47 Å². The largest absolute Gasteiger partial charge is 0.310 e. The Bertz CT molecular complexity index is 2460. The fraction of sp³-hybridized carbons (Fsp3) is 0.0455. The highest BCUT2D eigenvalue weighted by molar-refractivity contribution is 6.13. The Labute approximate surface area is 268 Å². The van der Waals surface area contributed by atoms with Crippen molar-refractivity contribution in [2.45, 2.75) is 12.8 Å². The third-order valence-electron chi connectivity index (χ3n) is 9.41. The van der Waals surface area contributed by atoms with Crippen LogP contribution in [0.2, 0.25) is 0 Å². The van der Waals surface area contributed by atoms with Crippen LogP contribution in [-0.4, -0.2) is 4.57 Å². The molecule has 7 aromatic carbocycles. The summed E-state index contributed by atoms with van der Waals surface area (Å²) in [7, 11) is 0. The van der Waals surface area contributed by atoms with Gasteiger partial charge in [-0.2, -0.15) is 0 Å². The lowest BCUT2D eigenvalue weighted by atomic mass is 9.93. The molecular weight excluding hydrogens is 556 g/mol. The van der Waals surface area contributed by atoms with Crippen LogP contribution >= 0.6 is 0 Å². The zero-order chi connectivity index (χ0) is 30.5. The van der Waals surface area contributed by atoms with Crippen LogP contribution in [0.25, 0.3) is 54.6 Å². The molecule has 0 fully saturated rings. The summed E-state index contributed by atoms with van der Waals surface area (Å²) >= 11 is 0. The topological polar surface area (TPSA) is 8.17 Å². The predicted octanol–water partition coefficient (Wildman–Crippen LogP) is 12.0. The van der Waals surface area contributed by atoms with E-state index in [1.165, 1.54) is 60.2 Å². The number of hydrogen-bond donors (Lipinski definition) is 0. The molecular formula is C44H32N2. The summed E-state index contributed by atoms with van der Waals surface area (Å²) in [5.74, 6) is 0. The van der Waals surface area contributed by atoms with E-state index in [-0.39, 0.29) is 0 Å². The molecule has 1 aromatic heterocycles. The van der Waals surface area contributed by atoms with Crippen molar-refractivity contribution in [3.05, 3.63) is 181 Å². The normalized spacial score (nSPS) is 13.3. The summed E-state index contributed by atoms with van der Waals surface area (Å²) in [4.78, 5) is 2.44. The number of allylic oxidation sites excluding steroid dienone is 3. The quantitative estimate of drug-likeness (QED) is 0.194. The van der Waals surface area contributed by atoms with E-state index >= 15 is 0 Å². The molecule has 0 unspecified atom stereocenters. The maximum atomic E-state index is 2.44. The number of aromatic nitrogens is 1. The van der Waals surface area contributed by atoms with E-state index in [0.717, 1.165) is 29.9 Å². The van der Waals surface area contributed by atoms with Gasteiger partial charge in [-0.25, -0.2) is 0 Å². The van der Waals surface area contributed by atoms with Gasteiger partial charge in [0.25, 0.3) is 0 Å². The molecule has 2 heteroatoms. The zero-order valence-corrected chi connectivity index (χ0v) is 25.5. The second-order valence-electron chi connectivity index (χ2n) is 12.1. The van der Waals surface area contributed by atoms with Crippen molar-refractivity contribution in [2.24, 2.45) is 0 Å². The van der Waals surface area contributed by atoms with Gasteiger partial charge in [0.05, 0.1) is 11.0 Å². The SMILES string of the molecule is C1=CC(N(c2ccc(-n3c4ccccc4c4cc5ccccc5cc43)cc2)c2ccc3ccccc3c2)=C(c2ccccc2)CC1. The Morgan fingerprint density at radius 3 is 1.93 bits per heavy atom. The molecule has 0 bridgehead atoms. The summed E-state index contributed by atoms with van der Waals surface area (Å²) in [6, 6.07) is 57.5. The van der Waals surface area contributed by atoms with Gasteiger partial charge in [-0.15, -0.1) is 0 Å². The average molecular weight is 589 g/mol. The molecule has 1 heterocycles. The molecule has 0 saturated heterocycles. The van der Waals surface area contributed by atoms with Gasteiger partial charge in [0.2, 0.25) is 0 Å². The highest BCUT2D eigenvalue weighted by atomic mass is 15.1. The van der Waals surface area contributed by atoms with E-state index < -0.39 is 0 Å². The van der Waals surface area contributed by atoms with Crippen molar-refractivity contribution < 1.29 is 0 Å². The molecule has 0 radical (unpaired) electrons. The van der Waals surface area contributed by atoms with E-state index in [4.69, 9.17) is 0 Å². The summed E-state index contributed by atoms with van der Waals surface area (Å²) in [6.45, 7) is 0. The average Bonchev–Trinajstić information content (AvgIpc) is 3.44. The van der Waals surface area contributed by atoms with Crippen molar-refractivity contribution in [3.8, 4) is 5.69 Å². The molecule has 0 amide bonds. The van der Waals surface area contributed by atoms with Crippen molar-refractivity contribution in [2.75, 3.05) is 4.90 Å². The van der Waals surface area contributed by atoms with Gasteiger partial charge in [-0.1, -0.05) is 109 Å². The monoisotopic (exact) mass is 588 g/mol. The van der Waals surface area contributed by atoms with Crippen molar-refractivity contribution in [3.63, 3.8) is 0 Å². The second-order valence-corrected chi connectivity index (χ2v) is 12.1. The maximum Gasteiger partial charge on any atom is 0.0547 e. The molecule has 8 aromatic rings. The molecule has 1 aliphatic rings. The molecule has 46 heavy (non-hydrogen) atoms. The zero-order valence-electron chi connectivity index (χ0n) is 25.5. The molecule has 0 aliphatic heterocycles. The lowest BCUT2D eigenvalue weighted by Gasteiger charge is -2.31. The minimum atomic E-state index is 1.01. The van der Waals surface area contributed by atoms with Crippen LogP contribution in [0.15, 0.2) is 176 Å². The van der Waals surface area contributed by atoms with Gasteiger partial charge in [-0.05, 0) is 106 Å². The highest BCUT2D eigenvalue weighted by Crippen LogP contribution is 2.40. The molecule has 0 spiro atoms. The smallest absolute Gasteiger partial charge is 0.0547 e. The standard InChI is InChI=1S/C44H32N2/c1-2-13-32(14-3-1)39-18-8-10-20-42(39)45(38-23-22-31-12-4-5-15-33(31)28-38)36-24-26-37(27-25-36)46-43-21-11-9-19-40(43)41-29-34-16-6-7-17-35(34)30-44(41)46/h1-7,9-17,19-30H,8,18H2. The molecule has 218 valence electrons. The minimum absolute atomic E-state index is 1.01. The fourth-order valence-electron chi connectivity index (χ4n) is 7.22. The molecule has 0 N–H and O–H groups in total. The lowest BCUT2D eigenvalue weighted by molar-refractivity contribution is 1.02. The van der Waals surface area contributed by atoms with Crippen LogP contribution in [-0.2, 0) is 0 Å². The van der Waals surface area contributed by atoms with E-state index in [1.807, 2.05) is 0 Å².